The molecule has 9 nitrogen and oxygen atoms in total. The van der Waals surface area contributed by atoms with Crippen LogP contribution in [0.4, 0.5) is 11.4 Å². The van der Waals surface area contributed by atoms with Crippen molar-refractivity contribution in [1.82, 2.24) is 20.0 Å². The Morgan fingerprint density at radius 2 is 1.85 bits per heavy atom. The second-order valence-corrected chi connectivity index (χ2v) is 7.82. The van der Waals surface area contributed by atoms with E-state index in [1.807, 2.05) is 30.5 Å². The van der Waals surface area contributed by atoms with Crippen LogP contribution in [0.5, 0.6) is 0 Å². The van der Waals surface area contributed by atoms with Gasteiger partial charge in [0.2, 0.25) is 5.91 Å². The predicted octanol–water partition coefficient (Wildman–Crippen LogP) is 3.43. The topological polar surface area (TPSA) is 136 Å². The van der Waals surface area contributed by atoms with E-state index >= 15 is 0 Å². The zero-order chi connectivity index (χ0) is 23.9. The van der Waals surface area contributed by atoms with Gasteiger partial charge in [0.15, 0.2) is 0 Å². The van der Waals surface area contributed by atoms with Crippen molar-refractivity contribution in [2.24, 2.45) is 0 Å². The molecule has 1 amide bonds. The molecule has 172 valence electrons. The molecule has 34 heavy (non-hydrogen) atoms. The Morgan fingerprint density at radius 3 is 2.59 bits per heavy atom. The third kappa shape index (κ3) is 5.83. The molecule has 0 aliphatic carbocycles. The van der Waals surface area contributed by atoms with Crippen molar-refractivity contribution in [2.45, 2.75) is 25.8 Å². The molecule has 0 spiro atoms. The zero-order valence-corrected chi connectivity index (χ0v) is 18.4. The summed E-state index contributed by atoms with van der Waals surface area (Å²) in [5.74, 6) is -1.11. The van der Waals surface area contributed by atoms with Crippen LogP contribution >= 0.6 is 0 Å². The monoisotopic (exact) mass is 456 g/mol. The van der Waals surface area contributed by atoms with E-state index in [4.69, 9.17) is 10.8 Å². The number of aromatic carboxylic acids is 1. The first-order valence-corrected chi connectivity index (χ1v) is 10.8. The molecule has 4 aromatic rings. The van der Waals surface area contributed by atoms with E-state index in [0.29, 0.717) is 36.5 Å². The number of amides is 1. The lowest BCUT2D eigenvalue weighted by Gasteiger charge is -2.10. The van der Waals surface area contributed by atoms with Gasteiger partial charge in [-0.2, -0.15) is 0 Å². The molecule has 0 saturated heterocycles. The second kappa shape index (κ2) is 10.4. The molecule has 4 rings (SSSR count). The number of anilines is 2. The fraction of sp³-hybridized carbons (Fsp3) is 0.160. The third-order valence-corrected chi connectivity index (χ3v) is 5.35. The molecule has 2 aromatic carbocycles. The lowest BCUT2D eigenvalue weighted by molar-refractivity contribution is -0.116. The Balaban J connectivity index is 1.29. The molecule has 0 fully saturated rings. The number of nitrogen functional groups attached to an aromatic ring is 1. The number of carboxylic acid groups (broad SMARTS) is 1. The van der Waals surface area contributed by atoms with Gasteiger partial charge in [0.25, 0.3) is 0 Å². The molecule has 0 aliphatic rings. The number of hydrogen-bond acceptors (Lipinski definition) is 6. The van der Waals surface area contributed by atoms with E-state index in [2.05, 4.69) is 20.6 Å². The van der Waals surface area contributed by atoms with Gasteiger partial charge < -0.3 is 16.2 Å². The molecule has 4 N–H and O–H groups in total. The lowest BCUT2D eigenvalue weighted by Crippen LogP contribution is -2.13. The first-order valence-electron chi connectivity index (χ1n) is 10.8. The summed E-state index contributed by atoms with van der Waals surface area (Å²) in [5, 5.41) is 20.1. The van der Waals surface area contributed by atoms with Gasteiger partial charge in [0.1, 0.15) is 0 Å². The SMILES string of the molecule is Nc1ccc(-c2cccnc2)cc1NC(=O)CCc1cn(CCc2ccc(C(=O)O)cc2)nn1. The fourth-order valence-corrected chi connectivity index (χ4v) is 3.45. The summed E-state index contributed by atoms with van der Waals surface area (Å²) >= 11 is 0. The van der Waals surface area contributed by atoms with Crippen molar-refractivity contribution in [3.63, 3.8) is 0 Å². The lowest BCUT2D eigenvalue weighted by atomic mass is 10.1. The van der Waals surface area contributed by atoms with Gasteiger partial charge in [-0.05, 0) is 47.9 Å². The average molecular weight is 457 g/mol. The molecule has 0 saturated carbocycles. The number of pyridine rings is 1. The average Bonchev–Trinajstić information content (AvgIpc) is 3.31. The van der Waals surface area contributed by atoms with E-state index in [9.17, 15) is 9.59 Å². The Labute approximate surface area is 196 Å². The van der Waals surface area contributed by atoms with Crippen LogP contribution in [0.2, 0.25) is 0 Å². The maximum Gasteiger partial charge on any atom is 0.335 e. The Bertz CT molecular complexity index is 1290. The number of benzene rings is 2. The molecule has 0 aliphatic heterocycles. The quantitative estimate of drug-likeness (QED) is 0.328. The van der Waals surface area contributed by atoms with Gasteiger partial charge in [-0.25, -0.2) is 4.79 Å². The van der Waals surface area contributed by atoms with Crippen LogP contribution in [0, 0.1) is 0 Å². The molecular weight excluding hydrogens is 432 g/mol. The largest absolute Gasteiger partial charge is 0.478 e. The van der Waals surface area contributed by atoms with Gasteiger partial charge in [0, 0.05) is 43.5 Å². The molecule has 2 heterocycles. The van der Waals surface area contributed by atoms with E-state index in [-0.39, 0.29) is 17.9 Å². The molecule has 0 radical (unpaired) electrons. The summed E-state index contributed by atoms with van der Waals surface area (Å²) < 4.78 is 1.72. The Morgan fingerprint density at radius 1 is 1.03 bits per heavy atom. The van der Waals surface area contributed by atoms with Gasteiger partial charge in [0.05, 0.1) is 22.6 Å². The molecule has 0 unspecified atom stereocenters. The minimum atomic E-state index is -0.944. The van der Waals surface area contributed by atoms with Crippen LogP contribution in [-0.4, -0.2) is 37.0 Å². The van der Waals surface area contributed by atoms with Gasteiger partial charge >= 0.3 is 5.97 Å². The molecule has 0 bridgehead atoms. The predicted molar refractivity (Wildman–Crippen MR) is 128 cm³/mol. The van der Waals surface area contributed by atoms with Crippen LogP contribution in [0.1, 0.15) is 28.0 Å². The van der Waals surface area contributed by atoms with Gasteiger partial charge in [-0.3, -0.25) is 14.5 Å². The first-order chi connectivity index (χ1) is 16.5. The molecule has 9 heteroatoms. The normalized spacial score (nSPS) is 10.7. The van der Waals surface area contributed by atoms with Crippen LogP contribution in [-0.2, 0) is 24.2 Å². The van der Waals surface area contributed by atoms with Crippen molar-refractivity contribution in [3.05, 3.63) is 90.0 Å². The zero-order valence-electron chi connectivity index (χ0n) is 18.4. The summed E-state index contributed by atoms with van der Waals surface area (Å²) in [7, 11) is 0. The van der Waals surface area contributed by atoms with E-state index < -0.39 is 5.97 Å². The highest BCUT2D eigenvalue weighted by Crippen LogP contribution is 2.27. The Kier molecular flexibility index (Phi) is 6.92. The number of carbonyl (C=O) groups excluding carboxylic acids is 1. The van der Waals surface area contributed by atoms with Gasteiger partial charge in [-0.15, -0.1) is 5.10 Å². The van der Waals surface area contributed by atoms with E-state index in [0.717, 1.165) is 16.7 Å². The van der Waals surface area contributed by atoms with Crippen molar-refractivity contribution in [1.29, 1.82) is 0 Å². The highest BCUT2D eigenvalue weighted by Gasteiger charge is 2.10. The van der Waals surface area contributed by atoms with Crippen molar-refractivity contribution < 1.29 is 14.7 Å². The summed E-state index contributed by atoms with van der Waals surface area (Å²) in [6.45, 7) is 0.600. The summed E-state index contributed by atoms with van der Waals surface area (Å²) in [6, 6.07) is 16.0. The molecule has 2 aromatic heterocycles. The van der Waals surface area contributed by atoms with Crippen LogP contribution in [0.15, 0.2) is 73.2 Å². The number of nitrogens with two attached hydrogens (primary N) is 1. The first kappa shape index (κ1) is 22.7. The number of carboxylic acids is 1. The number of carbonyl (C=O) groups is 2. The van der Waals surface area contributed by atoms with Crippen LogP contribution in [0.25, 0.3) is 11.1 Å². The summed E-state index contributed by atoms with van der Waals surface area (Å²) in [4.78, 5) is 27.6. The molecule has 0 atom stereocenters. The minimum absolute atomic E-state index is 0.164. The summed E-state index contributed by atoms with van der Waals surface area (Å²) in [6.07, 6.45) is 6.66. The number of rotatable bonds is 9. The third-order valence-electron chi connectivity index (χ3n) is 5.35. The highest BCUT2D eigenvalue weighted by molar-refractivity contribution is 5.95. The number of aromatic nitrogens is 4. The van der Waals surface area contributed by atoms with Gasteiger partial charge in [-0.1, -0.05) is 29.5 Å². The number of nitrogens with zero attached hydrogens (tertiary/aromatic N) is 4. The maximum absolute atomic E-state index is 12.5. The summed E-state index contributed by atoms with van der Waals surface area (Å²) in [5.41, 5.74) is 10.9. The van der Waals surface area contributed by atoms with E-state index in [1.54, 1.807) is 47.4 Å². The number of aryl methyl sites for hydroxylation is 3. The fourth-order valence-electron chi connectivity index (χ4n) is 3.45. The van der Waals surface area contributed by atoms with Crippen molar-refractivity contribution >= 4 is 23.3 Å². The standard InChI is InChI=1S/C25H24N6O3/c26-22-9-7-19(20-2-1-12-27-15-20)14-23(22)28-24(32)10-8-21-16-31(30-29-21)13-11-17-3-5-18(6-4-17)25(33)34/h1-7,9,12,14-16H,8,10-11,13,26H2,(H,28,32)(H,33,34). The van der Waals surface area contributed by atoms with E-state index in [1.165, 1.54) is 0 Å². The number of hydrogen-bond donors (Lipinski definition) is 3. The van der Waals surface area contributed by atoms with Crippen LogP contribution < -0.4 is 11.1 Å². The highest BCUT2D eigenvalue weighted by atomic mass is 16.4. The van der Waals surface area contributed by atoms with Crippen LogP contribution in [0.3, 0.4) is 0 Å². The van der Waals surface area contributed by atoms with Crippen molar-refractivity contribution in [2.75, 3.05) is 11.1 Å². The smallest absolute Gasteiger partial charge is 0.335 e. The Hall–Kier alpha value is -4.53. The number of nitrogens with one attached hydrogen (secondary N) is 1. The minimum Gasteiger partial charge on any atom is -0.478 e. The van der Waals surface area contributed by atoms with Crippen molar-refractivity contribution in [3.8, 4) is 11.1 Å². The molecular formula is C25H24N6O3. The second-order valence-electron chi connectivity index (χ2n) is 7.82. The maximum atomic E-state index is 12.5.